The van der Waals surface area contributed by atoms with Crippen LogP contribution in [-0.4, -0.2) is 15.5 Å². The van der Waals surface area contributed by atoms with Crippen molar-refractivity contribution in [3.8, 4) is 0 Å². The second kappa shape index (κ2) is 7.09. The Morgan fingerprint density at radius 1 is 1.19 bits per heavy atom. The summed E-state index contributed by atoms with van der Waals surface area (Å²) in [6.45, 7) is 1.27. The molecule has 1 aliphatic heterocycles. The summed E-state index contributed by atoms with van der Waals surface area (Å²) in [7, 11) is 0. The standard InChI is InChI=1S/C20H18FN3O2/c21-16-8-6-14(7-9-16)10-22-20(25)19-17-12-26-18(11-24(17)13-23-19)15-4-2-1-3-5-15/h1-9,13,18H,10-12H2,(H,22,25). The number of ether oxygens (including phenoxy) is 1. The van der Waals surface area contributed by atoms with Gasteiger partial charge in [0.15, 0.2) is 5.69 Å². The van der Waals surface area contributed by atoms with E-state index in [-0.39, 0.29) is 17.8 Å². The van der Waals surface area contributed by atoms with Gasteiger partial charge in [-0.05, 0) is 23.3 Å². The minimum absolute atomic E-state index is 0.0481. The number of hydrogen-bond donors (Lipinski definition) is 1. The fourth-order valence-corrected chi connectivity index (χ4v) is 3.05. The molecule has 0 aliphatic carbocycles. The van der Waals surface area contributed by atoms with Gasteiger partial charge in [-0.3, -0.25) is 4.79 Å². The molecule has 5 nitrogen and oxygen atoms in total. The number of nitrogens with zero attached hydrogens (tertiary/aromatic N) is 2. The van der Waals surface area contributed by atoms with Crippen LogP contribution in [0.5, 0.6) is 0 Å². The van der Waals surface area contributed by atoms with Crippen LogP contribution in [-0.2, 0) is 24.4 Å². The summed E-state index contributed by atoms with van der Waals surface area (Å²) in [5, 5.41) is 2.82. The summed E-state index contributed by atoms with van der Waals surface area (Å²) in [6, 6.07) is 16.0. The Bertz CT molecular complexity index is 907. The first-order chi connectivity index (χ1) is 12.7. The van der Waals surface area contributed by atoms with Gasteiger partial charge >= 0.3 is 0 Å². The number of carbonyl (C=O) groups excluding carboxylic acids is 1. The van der Waals surface area contributed by atoms with E-state index in [9.17, 15) is 9.18 Å². The number of nitrogens with one attached hydrogen (secondary N) is 1. The van der Waals surface area contributed by atoms with Gasteiger partial charge in [0, 0.05) is 6.54 Å². The molecule has 0 saturated heterocycles. The highest BCUT2D eigenvalue weighted by molar-refractivity contribution is 5.93. The maximum Gasteiger partial charge on any atom is 0.272 e. The SMILES string of the molecule is O=C(NCc1ccc(F)cc1)c1ncn2c1COC(c1ccccc1)C2. The Kier molecular flexibility index (Phi) is 4.50. The van der Waals surface area contributed by atoms with Crippen molar-refractivity contribution in [2.45, 2.75) is 25.8 Å². The van der Waals surface area contributed by atoms with E-state index >= 15 is 0 Å². The molecule has 0 fully saturated rings. The van der Waals surface area contributed by atoms with Gasteiger partial charge in [0.1, 0.15) is 11.9 Å². The first kappa shape index (κ1) is 16.5. The first-order valence-electron chi connectivity index (χ1n) is 8.44. The Hall–Kier alpha value is -2.99. The van der Waals surface area contributed by atoms with Gasteiger partial charge in [0.05, 0.1) is 25.2 Å². The molecule has 132 valence electrons. The molecule has 0 bridgehead atoms. The Morgan fingerprint density at radius 2 is 1.96 bits per heavy atom. The third kappa shape index (κ3) is 3.36. The molecule has 3 aromatic rings. The number of aromatic nitrogens is 2. The molecular formula is C20H18FN3O2. The second-order valence-corrected chi connectivity index (χ2v) is 6.21. The molecule has 1 N–H and O–H groups in total. The normalized spacial score (nSPS) is 16.1. The molecule has 0 radical (unpaired) electrons. The van der Waals surface area contributed by atoms with Crippen molar-refractivity contribution < 1.29 is 13.9 Å². The fraction of sp³-hybridized carbons (Fsp3) is 0.200. The van der Waals surface area contributed by atoms with Crippen molar-refractivity contribution in [2.24, 2.45) is 0 Å². The maximum atomic E-state index is 12.9. The molecule has 6 heteroatoms. The monoisotopic (exact) mass is 351 g/mol. The van der Waals surface area contributed by atoms with E-state index in [1.165, 1.54) is 12.1 Å². The molecule has 2 heterocycles. The van der Waals surface area contributed by atoms with E-state index in [4.69, 9.17) is 4.74 Å². The average molecular weight is 351 g/mol. The third-order valence-corrected chi connectivity index (χ3v) is 4.48. The van der Waals surface area contributed by atoms with E-state index in [1.54, 1.807) is 18.5 Å². The molecule has 0 spiro atoms. The van der Waals surface area contributed by atoms with Crippen LogP contribution in [0.3, 0.4) is 0 Å². The molecular weight excluding hydrogens is 333 g/mol. The van der Waals surface area contributed by atoms with E-state index in [0.717, 1.165) is 16.8 Å². The molecule has 26 heavy (non-hydrogen) atoms. The molecule has 1 unspecified atom stereocenters. The van der Waals surface area contributed by atoms with Crippen LogP contribution >= 0.6 is 0 Å². The van der Waals surface area contributed by atoms with E-state index in [2.05, 4.69) is 10.3 Å². The van der Waals surface area contributed by atoms with Crippen molar-refractivity contribution in [2.75, 3.05) is 0 Å². The van der Waals surface area contributed by atoms with Crippen LogP contribution in [0.25, 0.3) is 0 Å². The van der Waals surface area contributed by atoms with Crippen LogP contribution in [0.15, 0.2) is 60.9 Å². The third-order valence-electron chi connectivity index (χ3n) is 4.48. The molecule has 1 aliphatic rings. The minimum atomic E-state index is -0.298. The number of halogens is 1. The number of carbonyl (C=O) groups is 1. The fourth-order valence-electron chi connectivity index (χ4n) is 3.05. The van der Waals surface area contributed by atoms with E-state index in [0.29, 0.717) is 25.4 Å². The van der Waals surface area contributed by atoms with E-state index < -0.39 is 0 Å². The summed E-state index contributed by atoms with van der Waals surface area (Å²) < 4.78 is 20.8. The topological polar surface area (TPSA) is 56.2 Å². The smallest absolute Gasteiger partial charge is 0.272 e. The largest absolute Gasteiger partial charge is 0.365 e. The quantitative estimate of drug-likeness (QED) is 0.785. The highest BCUT2D eigenvalue weighted by atomic mass is 19.1. The van der Waals surface area contributed by atoms with Crippen LogP contribution < -0.4 is 5.32 Å². The molecule has 1 amide bonds. The summed E-state index contributed by atoms with van der Waals surface area (Å²) in [4.78, 5) is 16.7. The van der Waals surface area contributed by atoms with Crippen LogP contribution in [0.2, 0.25) is 0 Å². The zero-order valence-electron chi connectivity index (χ0n) is 14.1. The predicted octanol–water partition coefficient (Wildman–Crippen LogP) is 3.22. The van der Waals surface area contributed by atoms with Crippen molar-refractivity contribution in [1.82, 2.24) is 14.9 Å². The van der Waals surface area contributed by atoms with Crippen molar-refractivity contribution in [1.29, 1.82) is 0 Å². The lowest BCUT2D eigenvalue weighted by Crippen LogP contribution is -2.27. The van der Waals surface area contributed by atoms with Gasteiger partial charge in [-0.25, -0.2) is 9.37 Å². The molecule has 1 atom stereocenters. The van der Waals surface area contributed by atoms with Crippen molar-refractivity contribution >= 4 is 5.91 Å². The molecule has 1 aromatic heterocycles. The van der Waals surface area contributed by atoms with Crippen molar-refractivity contribution in [3.63, 3.8) is 0 Å². The van der Waals surface area contributed by atoms with Gasteiger partial charge in [-0.15, -0.1) is 0 Å². The van der Waals surface area contributed by atoms with E-state index in [1.807, 2.05) is 34.9 Å². The highest BCUT2D eigenvalue weighted by Gasteiger charge is 2.26. The van der Waals surface area contributed by atoms with Crippen LogP contribution in [0.4, 0.5) is 4.39 Å². The van der Waals surface area contributed by atoms with Gasteiger partial charge in [0.2, 0.25) is 0 Å². The minimum Gasteiger partial charge on any atom is -0.365 e. The number of hydrogen-bond acceptors (Lipinski definition) is 3. The first-order valence-corrected chi connectivity index (χ1v) is 8.44. The Balaban J connectivity index is 1.44. The summed E-state index contributed by atoms with van der Waals surface area (Å²) >= 11 is 0. The maximum absolute atomic E-state index is 12.9. The Morgan fingerprint density at radius 3 is 2.73 bits per heavy atom. The summed E-state index contributed by atoms with van der Waals surface area (Å²) in [5.41, 5.74) is 3.08. The summed E-state index contributed by atoms with van der Waals surface area (Å²) in [5.74, 6) is -0.557. The molecule has 2 aromatic carbocycles. The molecule has 0 saturated carbocycles. The second-order valence-electron chi connectivity index (χ2n) is 6.21. The lowest BCUT2D eigenvalue weighted by Gasteiger charge is -2.25. The number of amides is 1. The predicted molar refractivity (Wildman–Crippen MR) is 93.8 cm³/mol. The zero-order chi connectivity index (χ0) is 17.9. The molecule has 4 rings (SSSR count). The number of imidazole rings is 1. The Labute approximate surface area is 150 Å². The van der Waals surface area contributed by atoms with Gasteiger partial charge < -0.3 is 14.6 Å². The summed E-state index contributed by atoms with van der Waals surface area (Å²) in [6.07, 6.45) is 1.63. The van der Waals surface area contributed by atoms with Gasteiger partial charge in [0.25, 0.3) is 5.91 Å². The van der Waals surface area contributed by atoms with Gasteiger partial charge in [-0.1, -0.05) is 42.5 Å². The number of rotatable bonds is 4. The zero-order valence-corrected chi connectivity index (χ0v) is 14.1. The van der Waals surface area contributed by atoms with Gasteiger partial charge in [-0.2, -0.15) is 0 Å². The average Bonchev–Trinajstić information content (AvgIpc) is 3.11. The highest BCUT2D eigenvalue weighted by Crippen LogP contribution is 2.27. The van der Waals surface area contributed by atoms with Crippen LogP contribution in [0.1, 0.15) is 33.4 Å². The number of benzene rings is 2. The van der Waals surface area contributed by atoms with Crippen LogP contribution in [0, 0.1) is 5.82 Å². The van der Waals surface area contributed by atoms with Crippen molar-refractivity contribution in [3.05, 3.63) is 89.3 Å². The number of fused-ring (bicyclic) bond motifs is 1. The lowest BCUT2D eigenvalue weighted by molar-refractivity contribution is 0.00257. The lowest BCUT2D eigenvalue weighted by atomic mass is 10.1.